The number of fused-ring (bicyclic) bond motifs is 1. The van der Waals surface area contributed by atoms with E-state index in [1.807, 2.05) is 30.5 Å². The maximum absolute atomic E-state index is 12.2. The minimum absolute atomic E-state index is 0.0153. The number of aromatic nitrogens is 1. The molecule has 0 radical (unpaired) electrons. The Morgan fingerprint density at radius 1 is 1.43 bits per heavy atom. The molecule has 0 bridgehead atoms. The van der Waals surface area contributed by atoms with Crippen molar-refractivity contribution in [3.05, 3.63) is 36.0 Å². The highest BCUT2D eigenvalue weighted by atomic mass is 16.3. The van der Waals surface area contributed by atoms with E-state index in [0.29, 0.717) is 6.42 Å². The Morgan fingerprint density at radius 2 is 2.19 bits per heavy atom. The van der Waals surface area contributed by atoms with Crippen LogP contribution in [0.3, 0.4) is 0 Å². The van der Waals surface area contributed by atoms with Crippen molar-refractivity contribution in [1.29, 1.82) is 0 Å². The predicted octanol–water partition coefficient (Wildman–Crippen LogP) is 1.07. The van der Waals surface area contributed by atoms with Gasteiger partial charge in [-0.15, -0.1) is 0 Å². The van der Waals surface area contributed by atoms with Crippen LogP contribution >= 0.6 is 0 Å². The van der Waals surface area contributed by atoms with E-state index < -0.39 is 11.6 Å². The summed E-state index contributed by atoms with van der Waals surface area (Å²) in [5, 5.41) is 13.4. The molecule has 1 aromatic carbocycles. The van der Waals surface area contributed by atoms with Crippen LogP contribution in [-0.4, -0.2) is 34.2 Å². The van der Waals surface area contributed by atoms with Gasteiger partial charge in [-0.05, 0) is 37.3 Å². The van der Waals surface area contributed by atoms with Crippen molar-refractivity contribution < 1.29 is 9.90 Å². The first-order valence-corrected chi connectivity index (χ1v) is 7.37. The van der Waals surface area contributed by atoms with Crippen molar-refractivity contribution >= 4 is 16.8 Å². The first-order chi connectivity index (χ1) is 10.1. The highest BCUT2D eigenvalue weighted by molar-refractivity contribution is 5.86. The molecule has 112 valence electrons. The number of nitrogens with two attached hydrogens (primary N) is 1. The number of hydrogen-bond acceptors (Lipinski definition) is 3. The Hall–Kier alpha value is -1.85. The lowest BCUT2D eigenvalue weighted by Crippen LogP contribution is -2.59. The quantitative estimate of drug-likeness (QED) is 0.663. The number of hydrogen-bond donors (Lipinski definition) is 4. The van der Waals surface area contributed by atoms with Gasteiger partial charge in [0.05, 0.1) is 18.2 Å². The van der Waals surface area contributed by atoms with Crippen LogP contribution in [0, 0.1) is 0 Å². The van der Waals surface area contributed by atoms with Crippen LogP contribution in [0.1, 0.15) is 24.8 Å². The highest BCUT2D eigenvalue weighted by Crippen LogP contribution is 2.31. The van der Waals surface area contributed by atoms with E-state index in [4.69, 9.17) is 5.73 Å². The third-order valence-electron chi connectivity index (χ3n) is 4.45. The fraction of sp³-hybridized carbons (Fsp3) is 0.438. The molecule has 1 amide bonds. The summed E-state index contributed by atoms with van der Waals surface area (Å²) in [5.74, 6) is -0.186. The van der Waals surface area contributed by atoms with Crippen molar-refractivity contribution in [1.82, 2.24) is 10.3 Å². The summed E-state index contributed by atoms with van der Waals surface area (Å²) in [6.45, 7) is -0.0153. The number of amides is 1. The minimum Gasteiger partial charge on any atom is -0.394 e. The maximum Gasteiger partial charge on any atom is 0.237 e. The summed E-state index contributed by atoms with van der Waals surface area (Å²) in [6, 6.07) is 7.36. The van der Waals surface area contributed by atoms with Crippen LogP contribution in [0.5, 0.6) is 0 Å². The van der Waals surface area contributed by atoms with E-state index in [1.165, 1.54) is 0 Å². The van der Waals surface area contributed by atoms with Crippen LogP contribution in [0.25, 0.3) is 10.9 Å². The molecule has 2 aromatic rings. The monoisotopic (exact) mass is 287 g/mol. The smallest absolute Gasteiger partial charge is 0.237 e. The first kappa shape index (κ1) is 14.1. The van der Waals surface area contributed by atoms with Gasteiger partial charge in [0, 0.05) is 17.1 Å². The molecular weight excluding hydrogens is 266 g/mol. The standard InChI is InChI=1S/C16H21N3O2/c17-13(15(21)19-16(10-20)6-3-7-16)8-11-9-18-14-5-2-1-4-12(11)14/h1-2,4-5,9,13,18,20H,3,6-8,10,17H2,(H,19,21). The molecule has 5 N–H and O–H groups in total. The molecule has 1 aliphatic carbocycles. The molecule has 1 atom stereocenters. The molecular formula is C16H21N3O2. The van der Waals surface area contributed by atoms with Gasteiger partial charge in [0.15, 0.2) is 0 Å². The first-order valence-electron chi connectivity index (χ1n) is 7.37. The Balaban J connectivity index is 1.68. The molecule has 5 nitrogen and oxygen atoms in total. The third-order valence-corrected chi connectivity index (χ3v) is 4.45. The minimum atomic E-state index is -0.603. The Morgan fingerprint density at radius 3 is 2.86 bits per heavy atom. The van der Waals surface area contributed by atoms with Gasteiger partial charge in [-0.2, -0.15) is 0 Å². The average Bonchev–Trinajstić information content (AvgIpc) is 2.86. The van der Waals surface area contributed by atoms with Crippen molar-refractivity contribution in [2.24, 2.45) is 5.73 Å². The number of H-pyrrole nitrogens is 1. The SMILES string of the molecule is NC(Cc1c[nH]c2ccccc12)C(=O)NC1(CO)CCC1. The Bertz CT molecular complexity index is 640. The van der Waals surface area contributed by atoms with Crippen molar-refractivity contribution in [2.75, 3.05) is 6.61 Å². The fourth-order valence-electron chi connectivity index (χ4n) is 2.91. The number of nitrogens with one attached hydrogen (secondary N) is 2. The lowest BCUT2D eigenvalue weighted by Gasteiger charge is -2.41. The second-order valence-corrected chi connectivity index (χ2v) is 5.95. The summed E-state index contributed by atoms with van der Waals surface area (Å²) in [5.41, 5.74) is 7.69. The zero-order valence-corrected chi connectivity index (χ0v) is 11.9. The van der Waals surface area contributed by atoms with Gasteiger partial charge in [0.25, 0.3) is 0 Å². The summed E-state index contributed by atoms with van der Waals surface area (Å²) < 4.78 is 0. The molecule has 1 aliphatic rings. The number of benzene rings is 1. The molecule has 21 heavy (non-hydrogen) atoms. The lowest BCUT2D eigenvalue weighted by atomic mass is 9.77. The van der Waals surface area contributed by atoms with E-state index in [2.05, 4.69) is 10.3 Å². The number of aromatic amines is 1. The van der Waals surface area contributed by atoms with Crippen molar-refractivity contribution in [3.8, 4) is 0 Å². The highest BCUT2D eigenvalue weighted by Gasteiger charge is 2.38. The maximum atomic E-state index is 12.2. The zero-order valence-electron chi connectivity index (χ0n) is 11.9. The largest absolute Gasteiger partial charge is 0.394 e. The van der Waals surface area contributed by atoms with Gasteiger partial charge >= 0.3 is 0 Å². The molecule has 1 heterocycles. The molecule has 0 saturated heterocycles. The number of para-hydroxylation sites is 1. The molecule has 1 saturated carbocycles. The predicted molar refractivity (Wildman–Crippen MR) is 81.8 cm³/mol. The van der Waals surface area contributed by atoms with Crippen LogP contribution in [-0.2, 0) is 11.2 Å². The van der Waals surface area contributed by atoms with E-state index in [-0.39, 0.29) is 12.5 Å². The van der Waals surface area contributed by atoms with Gasteiger partial charge in [-0.3, -0.25) is 4.79 Å². The topological polar surface area (TPSA) is 91.1 Å². The molecule has 3 rings (SSSR count). The number of carbonyl (C=O) groups excluding carboxylic acids is 1. The molecule has 0 aliphatic heterocycles. The van der Waals surface area contributed by atoms with Gasteiger partial charge in [-0.1, -0.05) is 18.2 Å². The van der Waals surface area contributed by atoms with E-state index in [1.54, 1.807) is 0 Å². The molecule has 0 spiro atoms. The van der Waals surface area contributed by atoms with Crippen LogP contribution in [0.4, 0.5) is 0 Å². The van der Waals surface area contributed by atoms with Crippen LogP contribution < -0.4 is 11.1 Å². The second kappa shape index (κ2) is 5.50. The van der Waals surface area contributed by atoms with Crippen LogP contribution in [0.15, 0.2) is 30.5 Å². The number of rotatable bonds is 5. The number of aliphatic hydroxyl groups is 1. The lowest BCUT2D eigenvalue weighted by molar-refractivity contribution is -0.126. The van der Waals surface area contributed by atoms with Gasteiger partial charge < -0.3 is 21.1 Å². The summed E-state index contributed by atoms with van der Waals surface area (Å²) in [6.07, 6.45) is 5.09. The third kappa shape index (κ3) is 2.66. The number of aliphatic hydroxyl groups excluding tert-OH is 1. The van der Waals surface area contributed by atoms with E-state index in [9.17, 15) is 9.90 Å². The Labute approximate surface area is 123 Å². The van der Waals surface area contributed by atoms with Crippen molar-refractivity contribution in [2.45, 2.75) is 37.3 Å². The molecule has 5 heteroatoms. The van der Waals surface area contributed by atoms with E-state index in [0.717, 1.165) is 35.7 Å². The average molecular weight is 287 g/mol. The Kier molecular flexibility index (Phi) is 3.69. The van der Waals surface area contributed by atoms with Gasteiger partial charge in [0.2, 0.25) is 5.91 Å². The molecule has 1 fully saturated rings. The second-order valence-electron chi connectivity index (χ2n) is 5.95. The summed E-state index contributed by atoms with van der Waals surface area (Å²) in [4.78, 5) is 15.4. The van der Waals surface area contributed by atoms with Crippen LogP contribution in [0.2, 0.25) is 0 Å². The van der Waals surface area contributed by atoms with E-state index >= 15 is 0 Å². The fourth-order valence-corrected chi connectivity index (χ4v) is 2.91. The molecule has 1 unspecified atom stereocenters. The number of carbonyl (C=O) groups is 1. The molecule has 1 aromatic heterocycles. The summed E-state index contributed by atoms with van der Waals surface area (Å²) in [7, 11) is 0. The zero-order chi connectivity index (χ0) is 14.9. The summed E-state index contributed by atoms with van der Waals surface area (Å²) >= 11 is 0. The van der Waals surface area contributed by atoms with Gasteiger partial charge in [-0.25, -0.2) is 0 Å². The van der Waals surface area contributed by atoms with Gasteiger partial charge in [0.1, 0.15) is 0 Å². The van der Waals surface area contributed by atoms with Crippen molar-refractivity contribution in [3.63, 3.8) is 0 Å². The normalized spacial score (nSPS) is 18.2.